The van der Waals surface area contributed by atoms with Gasteiger partial charge in [0, 0.05) is 11.6 Å². The average Bonchev–Trinajstić information content (AvgIpc) is 2.69. The predicted octanol–water partition coefficient (Wildman–Crippen LogP) is 0.0392. The van der Waals surface area contributed by atoms with E-state index in [1.165, 1.54) is 19.3 Å². The molecule has 2 N–H and O–H groups in total. The predicted molar refractivity (Wildman–Crippen MR) is 62.5 cm³/mol. The normalized spacial score (nSPS) is 20.2. The van der Waals surface area contributed by atoms with Gasteiger partial charge in [0.2, 0.25) is 5.79 Å². The fourth-order valence-corrected chi connectivity index (χ4v) is 1.71. The number of fused-ring (bicyclic) bond motifs is 1. The molecule has 0 radical (unpaired) electrons. The van der Waals surface area contributed by atoms with Gasteiger partial charge < -0.3 is 19.7 Å². The number of hydrogen-bond acceptors (Lipinski definition) is 6. The molecule has 1 aliphatic heterocycles. The van der Waals surface area contributed by atoms with Crippen LogP contribution >= 0.6 is 0 Å². The van der Waals surface area contributed by atoms with E-state index >= 15 is 0 Å². The van der Waals surface area contributed by atoms with Crippen LogP contribution in [0.3, 0.4) is 0 Å². The summed E-state index contributed by atoms with van der Waals surface area (Å²) in [7, 11) is 1.33. The van der Waals surface area contributed by atoms with E-state index in [0.29, 0.717) is 11.3 Å². The van der Waals surface area contributed by atoms with Crippen LogP contribution in [0.15, 0.2) is 40.2 Å². The Hall–Kier alpha value is -1.92. The smallest absolute Gasteiger partial charge is 0.356 e. The molecule has 0 amide bonds. The van der Waals surface area contributed by atoms with E-state index in [-0.39, 0.29) is 18.1 Å². The molecule has 0 aromatic heterocycles. The fourth-order valence-electron chi connectivity index (χ4n) is 1.71. The number of hydrogen-bond donors (Lipinski definition) is 2. The highest BCUT2D eigenvalue weighted by Gasteiger charge is 2.35. The maximum absolute atomic E-state index is 11.5. The van der Waals surface area contributed by atoms with E-state index in [1.807, 2.05) is 0 Å². The van der Waals surface area contributed by atoms with Crippen molar-refractivity contribution < 1.29 is 24.5 Å². The highest BCUT2D eigenvalue weighted by atomic mass is 16.6. The number of aliphatic hydroxyl groups is 2. The zero-order valence-electron chi connectivity index (χ0n) is 10.0. The molecule has 2 rings (SSSR count). The van der Waals surface area contributed by atoms with Crippen molar-refractivity contribution in [2.24, 2.45) is 4.99 Å². The van der Waals surface area contributed by atoms with Crippen molar-refractivity contribution in [3.05, 3.63) is 35.3 Å². The van der Waals surface area contributed by atoms with E-state index < -0.39 is 11.8 Å². The van der Waals surface area contributed by atoms with Crippen LogP contribution in [0.4, 0.5) is 0 Å². The molecule has 18 heavy (non-hydrogen) atoms. The topological polar surface area (TPSA) is 88.4 Å². The second kappa shape index (κ2) is 4.40. The summed E-state index contributed by atoms with van der Waals surface area (Å²) in [5.41, 5.74) is 1.01. The van der Waals surface area contributed by atoms with Gasteiger partial charge in [-0.15, -0.1) is 0 Å². The highest BCUT2D eigenvalue weighted by molar-refractivity contribution is 6.42. The molecule has 2 aliphatic rings. The zero-order chi connectivity index (χ0) is 13.3. The highest BCUT2D eigenvalue weighted by Crippen LogP contribution is 2.32. The van der Waals surface area contributed by atoms with Gasteiger partial charge in [-0.25, -0.2) is 9.79 Å². The third-order valence-electron chi connectivity index (χ3n) is 2.52. The summed E-state index contributed by atoms with van der Waals surface area (Å²) in [6, 6.07) is 0. The van der Waals surface area contributed by atoms with Crippen LogP contribution in [0.25, 0.3) is 0 Å². The second-order valence-corrected chi connectivity index (χ2v) is 3.79. The van der Waals surface area contributed by atoms with Crippen LogP contribution in [-0.2, 0) is 14.3 Å². The molecule has 1 heterocycles. The number of esters is 1. The third-order valence-corrected chi connectivity index (χ3v) is 2.52. The molecule has 0 saturated carbocycles. The first-order valence-electron chi connectivity index (χ1n) is 5.39. The van der Waals surface area contributed by atoms with Crippen molar-refractivity contribution in [1.29, 1.82) is 0 Å². The van der Waals surface area contributed by atoms with Crippen LogP contribution in [0.1, 0.15) is 6.92 Å². The molecule has 0 atom stereocenters. The maximum Gasteiger partial charge on any atom is 0.356 e. The Morgan fingerprint density at radius 2 is 2.17 bits per heavy atom. The van der Waals surface area contributed by atoms with Gasteiger partial charge in [-0.3, -0.25) is 0 Å². The fraction of sp³-hybridized carbons (Fsp3) is 0.333. The molecule has 0 unspecified atom stereocenters. The Kier molecular flexibility index (Phi) is 3.06. The molecule has 96 valence electrons. The Morgan fingerprint density at radius 1 is 1.44 bits per heavy atom. The van der Waals surface area contributed by atoms with Gasteiger partial charge in [0.05, 0.1) is 19.4 Å². The molecule has 6 heteroatoms. The Labute approximate surface area is 104 Å². The molecule has 0 bridgehead atoms. The van der Waals surface area contributed by atoms with Crippen LogP contribution in [0, 0.1) is 0 Å². The lowest BCUT2D eigenvalue weighted by molar-refractivity contribution is -0.134. The zero-order valence-corrected chi connectivity index (χ0v) is 10.0. The number of nitrogens with zero attached hydrogens (tertiary/aromatic N) is 1. The van der Waals surface area contributed by atoms with Crippen molar-refractivity contribution in [3.8, 4) is 0 Å². The maximum atomic E-state index is 11.5. The number of carbonyl (C=O) groups is 1. The van der Waals surface area contributed by atoms with Gasteiger partial charge in [0.25, 0.3) is 0 Å². The van der Waals surface area contributed by atoms with Crippen molar-refractivity contribution in [3.63, 3.8) is 0 Å². The summed E-state index contributed by atoms with van der Waals surface area (Å²) >= 11 is 0. The van der Waals surface area contributed by atoms with Crippen molar-refractivity contribution in [2.75, 3.05) is 13.7 Å². The summed E-state index contributed by atoms with van der Waals surface area (Å²) in [4.78, 5) is 15.5. The summed E-state index contributed by atoms with van der Waals surface area (Å²) in [5, 5.41) is 19.4. The number of ether oxygens (including phenoxy) is 2. The van der Waals surface area contributed by atoms with Crippen molar-refractivity contribution in [2.45, 2.75) is 12.7 Å². The molecular weight excluding hydrogens is 238 g/mol. The average molecular weight is 251 g/mol. The molecule has 0 aromatic carbocycles. The minimum Gasteiger partial charge on any atom is -0.495 e. The first-order chi connectivity index (χ1) is 8.47. The molecule has 0 fully saturated rings. The minimum atomic E-state index is -2.21. The number of methoxy groups -OCH3 is 1. The monoisotopic (exact) mass is 251 g/mol. The standard InChI is InChI=1S/C12H13NO5/c1-3-18-11(14)8-4-7-5-10(17-2)12(15,16)6-9(7)13-8/h4-6,15-16H,3H2,1-2H3. The van der Waals surface area contributed by atoms with Crippen molar-refractivity contribution >= 4 is 11.7 Å². The second-order valence-electron chi connectivity index (χ2n) is 3.79. The Bertz CT molecular complexity index is 511. The van der Waals surface area contributed by atoms with Crippen LogP contribution < -0.4 is 0 Å². The number of allylic oxidation sites excluding steroid dienone is 1. The van der Waals surface area contributed by atoms with E-state index in [9.17, 15) is 15.0 Å². The van der Waals surface area contributed by atoms with Gasteiger partial charge in [0.15, 0.2) is 5.76 Å². The largest absolute Gasteiger partial charge is 0.495 e. The number of carbonyl (C=O) groups excluding carboxylic acids is 1. The van der Waals surface area contributed by atoms with E-state index in [0.717, 1.165) is 6.08 Å². The van der Waals surface area contributed by atoms with Crippen LogP contribution in [-0.4, -0.2) is 41.4 Å². The van der Waals surface area contributed by atoms with E-state index in [1.54, 1.807) is 6.92 Å². The lowest BCUT2D eigenvalue weighted by atomic mass is 10.0. The summed E-state index contributed by atoms with van der Waals surface area (Å²) in [6.45, 7) is 1.95. The number of aliphatic imine (C=N–C) groups is 1. The van der Waals surface area contributed by atoms with Gasteiger partial charge in [-0.1, -0.05) is 0 Å². The molecule has 1 aliphatic carbocycles. The summed E-state index contributed by atoms with van der Waals surface area (Å²) < 4.78 is 9.68. The first kappa shape index (κ1) is 12.5. The lowest BCUT2D eigenvalue weighted by Crippen LogP contribution is -2.31. The molecule has 0 spiro atoms. The first-order valence-corrected chi connectivity index (χ1v) is 5.39. The summed E-state index contributed by atoms with van der Waals surface area (Å²) in [5.74, 6) is -2.79. The Balaban J connectivity index is 2.34. The number of rotatable bonds is 3. The van der Waals surface area contributed by atoms with Gasteiger partial charge in [-0.2, -0.15) is 0 Å². The molecule has 6 nitrogen and oxygen atoms in total. The minimum absolute atomic E-state index is 0.0298. The lowest BCUT2D eigenvalue weighted by Gasteiger charge is -2.24. The van der Waals surface area contributed by atoms with Crippen LogP contribution in [0.2, 0.25) is 0 Å². The summed E-state index contributed by atoms with van der Waals surface area (Å²) in [6.07, 6.45) is 4.05. The van der Waals surface area contributed by atoms with E-state index in [2.05, 4.69) is 4.99 Å². The third kappa shape index (κ3) is 2.07. The van der Waals surface area contributed by atoms with Crippen molar-refractivity contribution in [1.82, 2.24) is 0 Å². The SMILES string of the molecule is CCOC(=O)C1=NC2=CC(O)(O)C(OC)=CC2=C1. The Morgan fingerprint density at radius 3 is 2.78 bits per heavy atom. The van der Waals surface area contributed by atoms with E-state index in [4.69, 9.17) is 9.47 Å². The van der Waals surface area contributed by atoms with Crippen LogP contribution in [0.5, 0.6) is 0 Å². The van der Waals surface area contributed by atoms with Gasteiger partial charge in [0.1, 0.15) is 5.71 Å². The molecule has 0 saturated heterocycles. The molecular formula is C12H13NO5. The molecule has 0 aromatic rings. The quantitative estimate of drug-likeness (QED) is 0.546. The van der Waals surface area contributed by atoms with Gasteiger partial charge in [-0.05, 0) is 19.1 Å². The van der Waals surface area contributed by atoms with Gasteiger partial charge >= 0.3 is 5.97 Å².